The quantitative estimate of drug-likeness (QED) is 0.785. The number of rotatable bonds is 7. The molecule has 0 aliphatic rings. The van der Waals surface area contributed by atoms with Crippen LogP contribution >= 0.6 is 0 Å². The summed E-state index contributed by atoms with van der Waals surface area (Å²) in [6.07, 6.45) is -4.39. The number of hydrogen-bond acceptors (Lipinski definition) is 3. The maximum Gasteiger partial charge on any atom is 0.422 e. The molecule has 0 saturated heterocycles. The molecule has 0 atom stereocenters. The fourth-order valence-corrected chi connectivity index (χ4v) is 2.08. The number of nitrogens with one attached hydrogen (secondary N) is 2. The molecule has 8 heteroatoms. The highest BCUT2D eigenvalue weighted by Crippen LogP contribution is 2.19. The lowest BCUT2D eigenvalue weighted by Crippen LogP contribution is -2.34. The maximum atomic E-state index is 12.2. The van der Waals surface area contributed by atoms with Crippen LogP contribution in [0.3, 0.4) is 0 Å². The molecule has 2 amide bonds. The monoisotopic (exact) mass is 368 g/mol. The molecule has 0 aromatic heterocycles. The Morgan fingerprint density at radius 1 is 0.962 bits per heavy atom. The maximum absolute atomic E-state index is 12.2. The van der Waals surface area contributed by atoms with Crippen molar-refractivity contribution in [3.63, 3.8) is 0 Å². The van der Waals surface area contributed by atoms with Crippen molar-refractivity contribution in [2.24, 2.45) is 0 Å². The number of methoxy groups -OCH3 is 1. The molecule has 5 nitrogen and oxygen atoms in total. The van der Waals surface area contributed by atoms with E-state index in [9.17, 15) is 18.0 Å². The summed E-state index contributed by atoms with van der Waals surface area (Å²) >= 11 is 0. The first-order valence-electron chi connectivity index (χ1n) is 7.79. The minimum atomic E-state index is -4.39. The number of alkyl halides is 3. The first-order valence-corrected chi connectivity index (χ1v) is 7.79. The van der Waals surface area contributed by atoms with E-state index >= 15 is 0 Å². The molecule has 0 radical (unpaired) electrons. The van der Waals surface area contributed by atoms with Crippen molar-refractivity contribution in [2.75, 3.05) is 13.7 Å². The number of hydrogen-bond donors (Lipinski definition) is 2. The van der Waals surface area contributed by atoms with Gasteiger partial charge in [-0.25, -0.2) is 4.79 Å². The van der Waals surface area contributed by atoms with E-state index in [0.717, 1.165) is 11.3 Å². The second-order valence-corrected chi connectivity index (χ2v) is 5.44. The lowest BCUT2D eigenvalue weighted by Gasteiger charge is -2.11. The molecule has 2 rings (SSSR count). The lowest BCUT2D eigenvalue weighted by molar-refractivity contribution is -0.153. The van der Waals surface area contributed by atoms with Gasteiger partial charge in [0.15, 0.2) is 6.61 Å². The standard InChI is InChI=1S/C18H19F3N2O3/c1-25-15-7-5-13(6-8-15)10-22-17(24)23-11-14-3-2-4-16(9-14)26-12-18(19,20)21/h2-9H,10-12H2,1H3,(H2,22,23,24). The van der Waals surface area contributed by atoms with Gasteiger partial charge in [0.1, 0.15) is 11.5 Å². The topological polar surface area (TPSA) is 59.6 Å². The van der Waals surface area contributed by atoms with Crippen LogP contribution in [0.15, 0.2) is 48.5 Å². The van der Waals surface area contributed by atoms with Gasteiger partial charge in [-0.2, -0.15) is 13.2 Å². The third kappa shape index (κ3) is 6.92. The van der Waals surface area contributed by atoms with Crippen molar-refractivity contribution in [3.8, 4) is 11.5 Å². The van der Waals surface area contributed by atoms with E-state index in [2.05, 4.69) is 15.4 Å². The molecule has 2 aromatic carbocycles. The predicted molar refractivity (Wildman–Crippen MR) is 90.1 cm³/mol. The molecule has 0 bridgehead atoms. The van der Waals surface area contributed by atoms with Gasteiger partial charge in [-0.3, -0.25) is 0 Å². The summed E-state index contributed by atoms with van der Waals surface area (Å²) in [5.74, 6) is 0.825. The van der Waals surface area contributed by atoms with E-state index in [1.165, 1.54) is 12.1 Å². The van der Waals surface area contributed by atoms with Crippen LogP contribution in [0.25, 0.3) is 0 Å². The van der Waals surface area contributed by atoms with Crippen LogP contribution < -0.4 is 20.1 Å². The largest absolute Gasteiger partial charge is 0.497 e. The summed E-state index contributed by atoms with van der Waals surface area (Å²) in [5.41, 5.74) is 1.53. The summed E-state index contributed by atoms with van der Waals surface area (Å²) < 4.78 is 46.2. The highest BCUT2D eigenvalue weighted by atomic mass is 19.4. The Bertz CT molecular complexity index is 718. The smallest absolute Gasteiger partial charge is 0.422 e. The minimum absolute atomic E-state index is 0.0975. The van der Waals surface area contributed by atoms with Crippen LogP contribution in [0.5, 0.6) is 11.5 Å². The molecule has 26 heavy (non-hydrogen) atoms. The molecule has 0 fully saturated rings. The second kappa shape index (κ2) is 8.98. The molecule has 0 unspecified atom stereocenters. The lowest BCUT2D eigenvalue weighted by atomic mass is 10.2. The van der Waals surface area contributed by atoms with E-state index in [-0.39, 0.29) is 18.3 Å². The first kappa shape index (κ1) is 19.4. The molecular weight excluding hydrogens is 349 g/mol. The van der Waals surface area contributed by atoms with Gasteiger partial charge in [-0.1, -0.05) is 24.3 Å². The third-order valence-electron chi connectivity index (χ3n) is 3.37. The normalized spacial score (nSPS) is 10.9. The Labute approximate surface area is 149 Å². The zero-order valence-corrected chi connectivity index (χ0v) is 14.1. The van der Waals surface area contributed by atoms with Gasteiger partial charge in [0.2, 0.25) is 0 Å². The Hall–Kier alpha value is -2.90. The zero-order chi connectivity index (χ0) is 19.0. The average molecular weight is 368 g/mol. The molecule has 0 saturated carbocycles. The summed E-state index contributed by atoms with van der Waals surface area (Å²) in [6.45, 7) is -0.853. The number of carbonyl (C=O) groups excluding carboxylic acids is 1. The predicted octanol–water partition coefficient (Wildman–Crippen LogP) is 3.64. The van der Waals surface area contributed by atoms with Gasteiger partial charge >= 0.3 is 12.2 Å². The zero-order valence-electron chi connectivity index (χ0n) is 14.1. The van der Waals surface area contributed by atoms with E-state index in [0.29, 0.717) is 12.1 Å². The fourth-order valence-electron chi connectivity index (χ4n) is 2.08. The average Bonchev–Trinajstić information content (AvgIpc) is 2.63. The van der Waals surface area contributed by atoms with Crippen LogP contribution in [-0.2, 0) is 13.1 Å². The van der Waals surface area contributed by atoms with Gasteiger partial charge in [-0.15, -0.1) is 0 Å². The highest BCUT2D eigenvalue weighted by Gasteiger charge is 2.28. The van der Waals surface area contributed by atoms with Crippen LogP contribution in [0.2, 0.25) is 0 Å². The minimum Gasteiger partial charge on any atom is -0.497 e. The number of urea groups is 1. The molecule has 0 spiro atoms. The van der Waals surface area contributed by atoms with Crippen molar-refractivity contribution in [2.45, 2.75) is 19.3 Å². The molecule has 140 valence electrons. The van der Waals surface area contributed by atoms with Crippen molar-refractivity contribution in [3.05, 3.63) is 59.7 Å². The third-order valence-corrected chi connectivity index (χ3v) is 3.37. The summed E-state index contributed by atoms with van der Waals surface area (Å²) in [5, 5.41) is 5.33. The Kier molecular flexibility index (Phi) is 6.71. The second-order valence-electron chi connectivity index (χ2n) is 5.44. The van der Waals surface area contributed by atoms with E-state index in [4.69, 9.17) is 4.74 Å². The van der Waals surface area contributed by atoms with Crippen LogP contribution in [0.4, 0.5) is 18.0 Å². The number of ether oxygens (including phenoxy) is 2. The Morgan fingerprint density at radius 3 is 2.23 bits per heavy atom. The molecule has 0 aliphatic carbocycles. The van der Waals surface area contributed by atoms with Crippen molar-refractivity contribution in [1.82, 2.24) is 10.6 Å². The number of amides is 2. The van der Waals surface area contributed by atoms with E-state index in [1.807, 2.05) is 12.1 Å². The van der Waals surface area contributed by atoms with Gasteiger partial charge in [0, 0.05) is 13.1 Å². The molecule has 2 aromatic rings. The van der Waals surface area contributed by atoms with Crippen LogP contribution in [-0.4, -0.2) is 25.9 Å². The highest BCUT2D eigenvalue weighted by molar-refractivity contribution is 5.73. The van der Waals surface area contributed by atoms with Crippen molar-refractivity contribution in [1.29, 1.82) is 0 Å². The van der Waals surface area contributed by atoms with E-state index in [1.54, 1.807) is 31.4 Å². The van der Waals surface area contributed by atoms with Gasteiger partial charge in [0.25, 0.3) is 0 Å². The molecule has 2 N–H and O–H groups in total. The Morgan fingerprint density at radius 2 is 1.62 bits per heavy atom. The number of carbonyl (C=O) groups is 1. The van der Waals surface area contributed by atoms with E-state index < -0.39 is 12.8 Å². The summed E-state index contributed by atoms with van der Waals surface area (Å²) in [4.78, 5) is 11.8. The number of benzene rings is 2. The summed E-state index contributed by atoms with van der Waals surface area (Å²) in [6, 6.07) is 13.0. The SMILES string of the molecule is COc1ccc(CNC(=O)NCc2cccc(OCC(F)(F)F)c2)cc1. The molecule has 0 aliphatic heterocycles. The van der Waals surface area contributed by atoms with Crippen LogP contribution in [0.1, 0.15) is 11.1 Å². The number of halogens is 3. The van der Waals surface area contributed by atoms with Gasteiger partial charge < -0.3 is 20.1 Å². The van der Waals surface area contributed by atoms with Crippen molar-refractivity contribution < 1.29 is 27.4 Å². The van der Waals surface area contributed by atoms with Crippen LogP contribution in [0, 0.1) is 0 Å². The first-order chi connectivity index (χ1) is 12.4. The summed E-state index contributed by atoms with van der Waals surface area (Å²) in [7, 11) is 1.57. The fraction of sp³-hybridized carbons (Fsp3) is 0.278. The molecule has 0 heterocycles. The van der Waals surface area contributed by atoms with Gasteiger partial charge in [-0.05, 0) is 35.4 Å². The molecular formula is C18H19F3N2O3. The Balaban J connectivity index is 1.77. The van der Waals surface area contributed by atoms with Gasteiger partial charge in [0.05, 0.1) is 7.11 Å². The van der Waals surface area contributed by atoms with Crippen molar-refractivity contribution >= 4 is 6.03 Å².